The number of hydrogen-bond acceptors (Lipinski definition) is 4. The van der Waals surface area contributed by atoms with Crippen molar-refractivity contribution in [1.29, 1.82) is 0 Å². The van der Waals surface area contributed by atoms with Crippen molar-refractivity contribution in [3.63, 3.8) is 0 Å². The molecule has 1 aromatic heterocycles. The third kappa shape index (κ3) is 0.657. The molecule has 0 fully saturated rings. The van der Waals surface area contributed by atoms with Crippen molar-refractivity contribution in [2.45, 2.75) is 12.5 Å². The van der Waals surface area contributed by atoms with Crippen molar-refractivity contribution in [1.82, 2.24) is 10.3 Å². The normalized spacial score (nSPS) is 22.7. The largest absolute Gasteiger partial charge is 0.322 e. The molecule has 10 heavy (non-hydrogen) atoms. The molecule has 0 aromatic carbocycles. The van der Waals surface area contributed by atoms with E-state index >= 15 is 0 Å². The van der Waals surface area contributed by atoms with Crippen LogP contribution in [-0.4, -0.2) is 10.3 Å². The molecular weight excluding hydrogens is 130 g/mol. The third-order valence-electron chi connectivity index (χ3n) is 1.56. The van der Waals surface area contributed by atoms with Gasteiger partial charge in [0.2, 0.25) is 0 Å². The van der Waals surface area contributed by atoms with Crippen LogP contribution in [0.4, 0.5) is 0 Å². The van der Waals surface area contributed by atoms with E-state index in [1.54, 1.807) is 0 Å². The Kier molecular flexibility index (Phi) is 1.07. The first kappa shape index (κ1) is 5.61. The second-order valence-electron chi connectivity index (χ2n) is 2.28. The summed E-state index contributed by atoms with van der Waals surface area (Å²) in [5.74, 6) is 0. The Morgan fingerprint density at radius 2 is 2.50 bits per heavy atom. The monoisotopic (exact) mass is 137 g/mol. The molecule has 2 N–H and O–H groups in total. The smallest absolute Gasteiger partial charge is 0.132 e. The summed E-state index contributed by atoms with van der Waals surface area (Å²) in [5, 5.41) is 7.33. The predicted octanol–water partition coefficient (Wildman–Crippen LogP) is 0.486. The Morgan fingerprint density at radius 3 is 3.30 bits per heavy atom. The molecule has 1 heterocycles. The van der Waals surface area contributed by atoms with E-state index in [2.05, 4.69) is 14.9 Å². The van der Waals surface area contributed by atoms with E-state index < -0.39 is 0 Å². The van der Waals surface area contributed by atoms with Gasteiger partial charge >= 0.3 is 0 Å². The lowest BCUT2D eigenvalue weighted by Crippen LogP contribution is -2.12. The lowest BCUT2D eigenvalue weighted by atomic mass is 10.0. The highest BCUT2D eigenvalue weighted by Crippen LogP contribution is 2.21. The molecule has 0 radical (unpaired) electrons. The summed E-state index contributed by atoms with van der Waals surface area (Å²) in [6.07, 6.45) is 4.66. The molecular formula is C6H7N3O. The van der Waals surface area contributed by atoms with Gasteiger partial charge in [0, 0.05) is 0 Å². The first-order valence-electron chi connectivity index (χ1n) is 3.12. The lowest BCUT2D eigenvalue weighted by Gasteiger charge is -2.07. The molecule has 1 atom stereocenters. The van der Waals surface area contributed by atoms with Crippen LogP contribution in [-0.2, 0) is 0 Å². The zero-order valence-electron chi connectivity index (χ0n) is 5.32. The second-order valence-corrected chi connectivity index (χ2v) is 2.28. The molecule has 0 amide bonds. The van der Waals surface area contributed by atoms with Crippen LogP contribution in [0.25, 0.3) is 6.08 Å². The van der Waals surface area contributed by atoms with Crippen LogP contribution >= 0.6 is 0 Å². The molecule has 0 saturated carbocycles. The number of hydrogen-bond donors (Lipinski definition) is 1. The fourth-order valence-electron chi connectivity index (χ4n) is 1.01. The number of nitrogens with two attached hydrogens (primary N) is 1. The van der Waals surface area contributed by atoms with Crippen LogP contribution in [0.1, 0.15) is 23.9 Å². The van der Waals surface area contributed by atoms with Gasteiger partial charge in [0.15, 0.2) is 0 Å². The van der Waals surface area contributed by atoms with Gasteiger partial charge in [0.05, 0.1) is 6.04 Å². The molecule has 1 unspecified atom stereocenters. The zero-order chi connectivity index (χ0) is 6.97. The number of aromatic nitrogens is 2. The van der Waals surface area contributed by atoms with Crippen molar-refractivity contribution >= 4 is 6.08 Å². The fourth-order valence-corrected chi connectivity index (χ4v) is 1.01. The highest BCUT2D eigenvalue weighted by Gasteiger charge is 2.17. The minimum Gasteiger partial charge on any atom is -0.322 e. The molecule has 0 spiro atoms. The van der Waals surface area contributed by atoms with E-state index in [1.807, 2.05) is 12.2 Å². The van der Waals surface area contributed by atoms with Crippen LogP contribution in [0.3, 0.4) is 0 Å². The van der Waals surface area contributed by atoms with Crippen molar-refractivity contribution in [3.05, 3.63) is 17.5 Å². The first-order chi connectivity index (χ1) is 4.88. The zero-order valence-corrected chi connectivity index (χ0v) is 5.32. The van der Waals surface area contributed by atoms with Gasteiger partial charge in [-0.15, -0.1) is 0 Å². The lowest BCUT2D eigenvalue weighted by molar-refractivity contribution is 0.301. The van der Waals surface area contributed by atoms with Crippen LogP contribution in [0.5, 0.6) is 0 Å². The van der Waals surface area contributed by atoms with Crippen molar-refractivity contribution in [2.24, 2.45) is 5.73 Å². The van der Waals surface area contributed by atoms with Crippen molar-refractivity contribution in [3.8, 4) is 0 Å². The van der Waals surface area contributed by atoms with Gasteiger partial charge < -0.3 is 5.73 Å². The van der Waals surface area contributed by atoms with Crippen molar-refractivity contribution in [2.75, 3.05) is 0 Å². The molecule has 0 saturated heterocycles. The van der Waals surface area contributed by atoms with E-state index in [9.17, 15) is 0 Å². The maximum absolute atomic E-state index is 5.68. The minimum absolute atomic E-state index is 0.0359. The van der Waals surface area contributed by atoms with Gasteiger partial charge in [-0.2, -0.15) is 0 Å². The average molecular weight is 137 g/mol. The summed E-state index contributed by atoms with van der Waals surface area (Å²) in [7, 11) is 0. The van der Waals surface area contributed by atoms with E-state index in [0.29, 0.717) is 0 Å². The van der Waals surface area contributed by atoms with Gasteiger partial charge in [-0.3, -0.25) is 0 Å². The van der Waals surface area contributed by atoms with Gasteiger partial charge in [-0.25, -0.2) is 4.63 Å². The van der Waals surface area contributed by atoms with Gasteiger partial charge in [-0.05, 0) is 12.5 Å². The van der Waals surface area contributed by atoms with Gasteiger partial charge in [0.1, 0.15) is 11.4 Å². The Morgan fingerprint density at radius 1 is 1.60 bits per heavy atom. The fraction of sp³-hybridized carbons (Fsp3) is 0.333. The summed E-state index contributed by atoms with van der Waals surface area (Å²) in [4.78, 5) is 0. The molecule has 1 aliphatic carbocycles. The molecule has 0 aliphatic heterocycles. The molecule has 4 heteroatoms. The first-order valence-corrected chi connectivity index (χ1v) is 3.12. The second kappa shape index (κ2) is 1.91. The molecule has 52 valence electrons. The van der Waals surface area contributed by atoms with Gasteiger partial charge in [0.25, 0.3) is 0 Å². The predicted molar refractivity (Wildman–Crippen MR) is 34.9 cm³/mol. The quantitative estimate of drug-likeness (QED) is 0.565. The molecule has 2 rings (SSSR count). The minimum atomic E-state index is -0.0359. The van der Waals surface area contributed by atoms with Crippen LogP contribution < -0.4 is 5.73 Å². The number of nitrogens with zero attached hydrogens (tertiary/aromatic N) is 2. The van der Waals surface area contributed by atoms with E-state index in [0.717, 1.165) is 17.8 Å². The van der Waals surface area contributed by atoms with Crippen LogP contribution in [0.15, 0.2) is 10.7 Å². The average Bonchev–Trinajstić information content (AvgIpc) is 2.36. The Hall–Kier alpha value is -1.16. The highest BCUT2D eigenvalue weighted by atomic mass is 16.6. The van der Waals surface area contributed by atoms with E-state index in [1.165, 1.54) is 0 Å². The number of fused-ring (bicyclic) bond motifs is 1. The summed E-state index contributed by atoms with van der Waals surface area (Å²) < 4.78 is 4.51. The summed E-state index contributed by atoms with van der Waals surface area (Å²) in [6.45, 7) is 0. The topological polar surface area (TPSA) is 64.9 Å². The Balaban J connectivity index is 2.52. The molecule has 0 bridgehead atoms. The molecule has 1 aliphatic rings. The van der Waals surface area contributed by atoms with Crippen LogP contribution in [0, 0.1) is 0 Å². The van der Waals surface area contributed by atoms with E-state index in [-0.39, 0.29) is 6.04 Å². The maximum Gasteiger partial charge on any atom is 0.132 e. The van der Waals surface area contributed by atoms with Gasteiger partial charge in [-0.1, -0.05) is 16.4 Å². The third-order valence-corrected chi connectivity index (χ3v) is 1.56. The number of rotatable bonds is 0. The molecule has 4 nitrogen and oxygen atoms in total. The highest BCUT2D eigenvalue weighted by molar-refractivity contribution is 5.49. The standard InChI is InChI=1S/C6H7N3O/c7-4-2-1-3-5-6(4)9-10-8-5/h1,3-4H,2,7H2. The summed E-state index contributed by atoms with van der Waals surface area (Å²) >= 11 is 0. The Bertz CT molecular complexity index is 266. The van der Waals surface area contributed by atoms with Crippen LogP contribution in [0.2, 0.25) is 0 Å². The summed E-state index contributed by atoms with van der Waals surface area (Å²) in [5.41, 5.74) is 7.21. The molecule has 1 aromatic rings. The van der Waals surface area contributed by atoms with Crippen molar-refractivity contribution < 1.29 is 4.63 Å². The maximum atomic E-state index is 5.68. The Labute approximate surface area is 57.7 Å². The van der Waals surface area contributed by atoms with E-state index in [4.69, 9.17) is 5.73 Å². The SMILES string of the molecule is NC1CC=Cc2nonc21. The summed E-state index contributed by atoms with van der Waals surface area (Å²) in [6, 6.07) is -0.0359.